The molecule has 2 rings (SSSR count). The summed E-state index contributed by atoms with van der Waals surface area (Å²) in [4.78, 5) is 23.8. The molecule has 5 nitrogen and oxygen atoms in total. The van der Waals surface area contributed by atoms with Crippen molar-refractivity contribution < 1.29 is 14.0 Å². The molecular formula is C17H24FN3O2. The van der Waals surface area contributed by atoms with Gasteiger partial charge in [0, 0.05) is 18.0 Å². The first-order valence-electron chi connectivity index (χ1n) is 8.03. The van der Waals surface area contributed by atoms with Gasteiger partial charge in [0.2, 0.25) is 5.91 Å². The molecule has 0 aromatic heterocycles. The Bertz CT molecular complexity index is 579. The number of hydrogen-bond donors (Lipinski definition) is 3. The maximum atomic E-state index is 13.2. The summed E-state index contributed by atoms with van der Waals surface area (Å²) in [5.74, 6) is -0.333. The van der Waals surface area contributed by atoms with Gasteiger partial charge in [-0.25, -0.2) is 9.18 Å². The average molecular weight is 321 g/mol. The van der Waals surface area contributed by atoms with Gasteiger partial charge < -0.3 is 16.0 Å². The highest BCUT2D eigenvalue weighted by atomic mass is 19.1. The summed E-state index contributed by atoms with van der Waals surface area (Å²) in [5, 5.41) is 8.27. The van der Waals surface area contributed by atoms with Crippen molar-refractivity contribution in [2.24, 2.45) is 0 Å². The van der Waals surface area contributed by atoms with Crippen LogP contribution in [0.4, 0.5) is 9.18 Å². The molecule has 0 bridgehead atoms. The Labute approximate surface area is 136 Å². The van der Waals surface area contributed by atoms with Crippen LogP contribution in [0.25, 0.3) is 0 Å². The second-order valence-corrected chi connectivity index (χ2v) is 6.16. The summed E-state index contributed by atoms with van der Waals surface area (Å²) in [5.41, 5.74) is 0.887. The highest BCUT2D eigenvalue weighted by Gasteiger charge is 2.39. The molecule has 6 heteroatoms. The summed E-state index contributed by atoms with van der Waals surface area (Å²) >= 11 is 0. The lowest BCUT2D eigenvalue weighted by atomic mass is 10.1. The van der Waals surface area contributed by atoms with Crippen molar-refractivity contribution in [3.63, 3.8) is 0 Å². The molecule has 1 aliphatic carbocycles. The molecule has 1 aliphatic rings. The van der Waals surface area contributed by atoms with Gasteiger partial charge in [-0.2, -0.15) is 0 Å². The van der Waals surface area contributed by atoms with E-state index in [4.69, 9.17) is 0 Å². The zero-order valence-electron chi connectivity index (χ0n) is 13.7. The van der Waals surface area contributed by atoms with Crippen LogP contribution in [0.1, 0.15) is 45.1 Å². The summed E-state index contributed by atoms with van der Waals surface area (Å²) in [7, 11) is 0. The number of urea groups is 1. The molecule has 23 heavy (non-hydrogen) atoms. The van der Waals surface area contributed by atoms with Crippen LogP contribution in [0.15, 0.2) is 24.3 Å². The van der Waals surface area contributed by atoms with Gasteiger partial charge >= 0.3 is 6.03 Å². The largest absolute Gasteiger partial charge is 0.352 e. The maximum absolute atomic E-state index is 13.2. The highest BCUT2D eigenvalue weighted by Crippen LogP contribution is 2.40. The molecule has 0 heterocycles. The monoisotopic (exact) mass is 321 g/mol. The zero-order chi connectivity index (χ0) is 17.0. The van der Waals surface area contributed by atoms with Crippen molar-refractivity contribution in [1.82, 2.24) is 16.0 Å². The van der Waals surface area contributed by atoms with Crippen LogP contribution in [0, 0.1) is 5.82 Å². The van der Waals surface area contributed by atoms with Crippen LogP contribution < -0.4 is 16.0 Å². The van der Waals surface area contributed by atoms with Crippen LogP contribution >= 0.6 is 0 Å². The summed E-state index contributed by atoms with van der Waals surface area (Å²) < 4.78 is 13.2. The van der Waals surface area contributed by atoms with Crippen molar-refractivity contribution in [1.29, 1.82) is 0 Å². The Morgan fingerprint density at radius 3 is 2.70 bits per heavy atom. The third-order valence-corrected chi connectivity index (χ3v) is 4.13. The number of carbonyl (C=O) groups excluding carboxylic acids is 2. The normalized spacial score (nSPS) is 21.9. The lowest BCUT2D eigenvalue weighted by molar-refractivity contribution is -0.123. The minimum absolute atomic E-state index is 0.0124. The van der Waals surface area contributed by atoms with Crippen LogP contribution in [-0.4, -0.2) is 30.1 Å². The number of halogens is 1. The van der Waals surface area contributed by atoms with Crippen molar-refractivity contribution in [3.8, 4) is 0 Å². The molecule has 1 aromatic carbocycles. The third kappa shape index (κ3) is 4.94. The average Bonchev–Trinajstić information content (AvgIpc) is 3.25. The minimum Gasteiger partial charge on any atom is -0.352 e. The Morgan fingerprint density at radius 2 is 2.04 bits per heavy atom. The van der Waals surface area contributed by atoms with E-state index in [9.17, 15) is 14.0 Å². The molecule has 0 radical (unpaired) electrons. The molecule has 0 saturated heterocycles. The van der Waals surface area contributed by atoms with Crippen molar-refractivity contribution in [2.45, 2.75) is 57.7 Å². The van der Waals surface area contributed by atoms with Gasteiger partial charge in [-0.3, -0.25) is 4.79 Å². The van der Waals surface area contributed by atoms with E-state index >= 15 is 0 Å². The van der Waals surface area contributed by atoms with E-state index in [0.29, 0.717) is 0 Å². The lowest BCUT2D eigenvalue weighted by Gasteiger charge is -2.17. The van der Waals surface area contributed by atoms with Gasteiger partial charge in [0.15, 0.2) is 0 Å². The number of hydrogen-bond acceptors (Lipinski definition) is 2. The molecule has 1 fully saturated rings. The first kappa shape index (κ1) is 17.2. The Morgan fingerprint density at radius 1 is 1.30 bits per heavy atom. The molecule has 3 N–H and O–H groups in total. The fourth-order valence-corrected chi connectivity index (χ4v) is 2.40. The predicted molar refractivity (Wildman–Crippen MR) is 86.6 cm³/mol. The second kappa shape index (κ2) is 7.44. The zero-order valence-corrected chi connectivity index (χ0v) is 13.7. The fraction of sp³-hybridized carbons (Fsp3) is 0.529. The standard InChI is InChI=1S/C17H24FN3O2/c1-4-10(2)19-16(22)11(3)20-17(23)21-15-9-14(15)12-6-5-7-13(18)8-12/h5-8,10-11,14-15H,4,9H2,1-3H3,(H,19,22)(H2,20,21,23)/t10-,11-,14+,15-/m0/s1. The molecule has 4 atom stereocenters. The molecule has 1 saturated carbocycles. The van der Waals surface area contributed by atoms with E-state index in [1.54, 1.807) is 13.0 Å². The second-order valence-electron chi connectivity index (χ2n) is 6.16. The molecular weight excluding hydrogens is 297 g/mol. The van der Waals surface area contributed by atoms with E-state index < -0.39 is 6.04 Å². The van der Waals surface area contributed by atoms with Gasteiger partial charge in [0.25, 0.3) is 0 Å². The Kier molecular flexibility index (Phi) is 5.58. The molecule has 0 aliphatic heterocycles. The van der Waals surface area contributed by atoms with E-state index in [1.807, 2.05) is 19.9 Å². The van der Waals surface area contributed by atoms with Crippen LogP contribution in [0.5, 0.6) is 0 Å². The quantitative estimate of drug-likeness (QED) is 0.752. The SMILES string of the molecule is CC[C@H](C)NC(=O)[C@H](C)NC(=O)N[C@H]1C[C@@H]1c1cccc(F)c1. The van der Waals surface area contributed by atoms with Crippen LogP contribution in [0.2, 0.25) is 0 Å². The molecule has 0 spiro atoms. The summed E-state index contributed by atoms with van der Waals surface area (Å²) in [6.45, 7) is 5.54. The topological polar surface area (TPSA) is 70.2 Å². The minimum atomic E-state index is -0.602. The first-order chi connectivity index (χ1) is 10.9. The van der Waals surface area contributed by atoms with E-state index in [0.717, 1.165) is 18.4 Å². The number of amides is 3. The summed E-state index contributed by atoms with van der Waals surface area (Å²) in [6.07, 6.45) is 1.62. The third-order valence-electron chi connectivity index (χ3n) is 4.13. The van der Waals surface area contributed by atoms with Gasteiger partial charge in [0.1, 0.15) is 11.9 Å². The number of carbonyl (C=O) groups is 2. The maximum Gasteiger partial charge on any atom is 0.315 e. The van der Waals surface area contributed by atoms with Crippen molar-refractivity contribution >= 4 is 11.9 Å². The van der Waals surface area contributed by atoms with E-state index in [1.165, 1.54) is 12.1 Å². The van der Waals surface area contributed by atoms with E-state index in [2.05, 4.69) is 16.0 Å². The fourth-order valence-electron chi connectivity index (χ4n) is 2.40. The van der Waals surface area contributed by atoms with Crippen molar-refractivity contribution in [3.05, 3.63) is 35.6 Å². The summed E-state index contributed by atoms with van der Waals surface area (Å²) in [6, 6.07) is 5.51. The van der Waals surface area contributed by atoms with Crippen LogP contribution in [-0.2, 0) is 4.79 Å². The highest BCUT2D eigenvalue weighted by molar-refractivity contribution is 5.87. The Hall–Kier alpha value is -2.11. The van der Waals surface area contributed by atoms with Gasteiger partial charge in [0.05, 0.1) is 0 Å². The molecule has 3 amide bonds. The first-order valence-corrected chi connectivity index (χ1v) is 8.03. The van der Waals surface area contributed by atoms with Gasteiger partial charge in [-0.05, 0) is 44.4 Å². The van der Waals surface area contributed by atoms with Gasteiger partial charge in [-0.1, -0.05) is 19.1 Å². The smallest absolute Gasteiger partial charge is 0.315 e. The van der Waals surface area contributed by atoms with Gasteiger partial charge in [-0.15, -0.1) is 0 Å². The Balaban J connectivity index is 1.77. The molecule has 1 aromatic rings. The predicted octanol–water partition coefficient (Wildman–Crippen LogP) is 2.28. The van der Waals surface area contributed by atoms with Crippen molar-refractivity contribution in [2.75, 3.05) is 0 Å². The number of rotatable bonds is 6. The number of benzene rings is 1. The molecule has 0 unspecified atom stereocenters. The molecule has 126 valence electrons. The van der Waals surface area contributed by atoms with E-state index in [-0.39, 0.29) is 35.8 Å². The number of nitrogens with one attached hydrogen (secondary N) is 3. The van der Waals surface area contributed by atoms with Crippen LogP contribution in [0.3, 0.4) is 0 Å². The lowest BCUT2D eigenvalue weighted by Crippen LogP contribution is -2.50.